The quantitative estimate of drug-likeness (QED) is 0.600. The first-order chi connectivity index (χ1) is 4.66. The molecule has 1 saturated heterocycles. The van der Waals surface area contributed by atoms with Crippen LogP contribution >= 0.6 is 0 Å². The normalized spacial score (nSPS) is 35.1. The van der Waals surface area contributed by atoms with Crippen molar-refractivity contribution in [2.45, 2.75) is 12.1 Å². The van der Waals surface area contributed by atoms with E-state index in [1.54, 1.807) is 7.05 Å². The van der Waals surface area contributed by atoms with E-state index in [1.165, 1.54) is 0 Å². The second-order valence-corrected chi connectivity index (χ2v) is 3.17. The highest BCUT2D eigenvalue weighted by Crippen LogP contribution is 2.23. The third kappa shape index (κ3) is 1.67. The van der Waals surface area contributed by atoms with Crippen molar-refractivity contribution in [2.24, 2.45) is 0 Å². The summed E-state index contributed by atoms with van der Waals surface area (Å²) in [6.45, 7) is 1.95. The van der Waals surface area contributed by atoms with Crippen LogP contribution in [0.3, 0.4) is 0 Å². The Kier molecular flexibility index (Phi) is 2.26. The smallest absolute Gasteiger partial charge is 0.137 e. The van der Waals surface area contributed by atoms with Crippen LogP contribution in [0.25, 0.3) is 0 Å². The molecule has 0 saturated carbocycles. The maximum absolute atomic E-state index is 13.5. The number of nitrogens with one attached hydrogen (secondary N) is 1. The summed E-state index contributed by atoms with van der Waals surface area (Å²) in [5.41, 5.74) is -0.969. The predicted molar refractivity (Wildman–Crippen MR) is 39.9 cm³/mol. The zero-order valence-corrected chi connectivity index (χ0v) is 6.65. The Balaban J connectivity index is 2.38. The highest BCUT2D eigenvalue weighted by molar-refractivity contribution is 4.90. The molecule has 1 N–H and O–H groups in total. The monoisotopic (exact) mass is 146 g/mol. The molecule has 0 spiro atoms. The number of alkyl halides is 1. The average Bonchev–Trinajstić information content (AvgIpc) is 2.12. The number of hydrogen-bond acceptors (Lipinski definition) is 2. The van der Waals surface area contributed by atoms with Crippen molar-refractivity contribution in [1.29, 1.82) is 0 Å². The Morgan fingerprint density at radius 2 is 2.40 bits per heavy atom. The molecular weight excluding hydrogens is 131 g/mol. The van der Waals surface area contributed by atoms with Gasteiger partial charge in [0.05, 0.1) is 0 Å². The Morgan fingerprint density at radius 3 is 2.80 bits per heavy atom. The van der Waals surface area contributed by atoms with Crippen LogP contribution in [-0.4, -0.2) is 44.3 Å². The van der Waals surface area contributed by atoms with Crippen LogP contribution in [0, 0.1) is 0 Å². The molecule has 2 nitrogen and oxygen atoms in total. The van der Waals surface area contributed by atoms with Gasteiger partial charge in [-0.2, -0.15) is 0 Å². The van der Waals surface area contributed by atoms with E-state index in [1.807, 2.05) is 11.9 Å². The summed E-state index contributed by atoms with van der Waals surface area (Å²) in [5, 5.41) is 2.87. The van der Waals surface area contributed by atoms with Gasteiger partial charge in [-0.3, -0.25) is 0 Å². The minimum absolute atomic E-state index is 0.483. The molecule has 0 radical (unpaired) electrons. The molecule has 1 aliphatic heterocycles. The molecule has 1 atom stereocenters. The first kappa shape index (κ1) is 7.95. The van der Waals surface area contributed by atoms with Crippen molar-refractivity contribution in [3.05, 3.63) is 0 Å². The highest BCUT2D eigenvalue weighted by Gasteiger charge is 2.35. The maximum Gasteiger partial charge on any atom is 0.137 e. The van der Waals surface area contributed by atoms with Crippen LogP contribution < -0.4 is 5.32 Å². The average molecular weight is 146 g/mol. The summed E-state index contributed by atoms with van der Waals surface area (Å²) >= 11 is 0. The Morgan fingerprint density at radius 1 is 1.70 bits per heavy atom. The highest BCUT2D eigenvalue weighted by atomic mass is 19.1. The van der Waals surface area contributed by atoms with Gasteiger partial charge in [0.1, 0.15) is 5.67 Å². The first-order valence-corrected chi connectivity index (χ1v) is 3.68. The van der Waals surface area contributed by atoms with Crippen LogP contribution in [0.2, 0.25) is 0 Å². The third-order valence-electron chi connectivity index (χ3n) is 1.99. The Labute approximate surface area is 61.4 Å². The van der Waals surface area contributed by atoms with Crippen molar-refractivity contribution in [3.8, 4) is 0 Å². The fourth-order valence-electron chi connectivity index (χ4n) is 1.49. The third-order valence-corrected chi connectivity index (χ3v) is 1.99. The fourth-order valence-corrected chi connectivity index (χ4v) is 1.49. The van der Waals surface area contributed by atoms with E-state index < -0.39 is 5.67 Å². The lowest BCUT2D eigenvalue weighted by Crippen LogP contribution is -2.37. The summed E-state index contributed by atoms with van der Waals surface area (Å²) in [6.07, 6.45) is 0.671. The molecule has 0 aromatic carbocycles. The predicted octanol–water partition coefficient (Wildman–Crippen LogP) is 0.250. The van der Waals surface area contributed by atoms with Crippen molar-refractivity contribution >= 4 is 0 Å². The lowest BCUT2D eigenvalue weighted by molar-refractivity contribution is 0.172. The van der Waals surface area contributed by atoms with E-state index in [2.05, 4.69) is 5.32 Å². The fraction of sp³-hybridized carbons (Fsp3) is 1.00. The van der Waals surface area contributed by atoms with E-state index >= 15 is 0 Å². The largest absolute Gasteiger partial charge is 0.317 e. The van der Waals surface area contributed by atoms with Gasteiger partial charge in [-0.15, -0.1) is 0 Å². The van der Waals surface area contributed by atoms with Gasteiger partial charge in [0.2, 0.25) is 0 Å². The van der Waals surface area contributed by atoms with E-state index in [4.69, 9.17) is 0 Å². The molecule has 0 aromatic heterocycles. The molecule has 60 valence electrons. The van der Waals surface area contributed by atoms with Gasteiger partial charge in [0.25, 0.3) is 0 Å². The van der Waals surface area contributed by atoms with Gasteiger partial charge in [0, 0.05) is 19.6 Å². The minimum atomic E-state index is -0.969. The minimum Gasteiger partial charge on any atom is -0.317 e. The number of halogens is 1. The summed E-state index contributed by atoms with van der Waals surface area (Å²) in [7, 11) is 3.75. The molecule has 0 amide bonds. The SMILES string of the molecule is CNCC1(F)CCN(C)C1. The summed E-state index contributed by atoms with van der Waals surface area (Å²) in [5.74, 6) is 0. The summed E-state index contributed by atoms with van der Waals surface area (Å²) in [6, 6.07) is 0. The number of nitrogens with zero attached hydrogens (tertiary/aromatic N) is 1. The van der Waals surface area contributed by atoms with Crippen molar-refractivity contribution in [2.75, 3.05) is 33.7 Å². The molecule has 10 heavy (non-hydrogen) atoms. The van der Waals surface area contributed by atoms with Crippen molar-refractivity contribution in [3.63, 3.8) is 0 Å². The molecule has 0 bridgehead atoms. The van der Waals surface area contributed by atoms with Crippen LogP contribution in [0.15, 0.2) is 0 Å². The van der Waals surface area contributed by atoms with Gasteiger partial charge < -0.3 is 10.2 Å². The molecule has 0 aromatic rings. The summed E-state index contributed by atoms with van der Waals surface area (Å²) in [4.78, 5) is 2.03. The molecular formula is C7H15FN2. The van der Waals surface area contributed by atoms with E-state index in [0.717, 1.165) is 6.54 Å². The van der Waals surface area contributed by atoms with Gasteiger partial charge in [-0.05, 0) is 20.5 Å². The van der Waals surface area contributed by atoms with Crippen molar-refractivity contribution in [1.82, 2.24) is 10.2 Å². The van der Waals surface area contributed by atoms with E-state index in [-0.39, 0.29) is 0 Å². The molecule has 0 aliphatic carbocycles. The standard InChI is InChI=1S/C7H15FN2/c1-9-5-7(8)3-4-10(2)6-7/h9H,3-6H2,1-2H3. The van der Waals surface area contributed by atoms with Crippen molar-refractivity contribution < 1.29 is 4.39 Å². The van der Waals surface area contributed by atoms with Gasteiger partial charge in [-0.25, -0.2) is 4.39 Å². The van der Waals surface area contributed by atoms with Crippen LogP contribution in [0.4, 0.5) is 4.39 Å². The molecule has 1 aliphatic rings. The topological polar surface area (TPSA) is 15.3 Å². The zero-order chi connectivity index (χ0) is 7.61. The maximum atomic E-state index is 13.5. The molecule has 1 heterocycles. The molecule has 1 unspecified atom stereocenters. The number of likely N-dealkylation sites (tertiary alicyclic amines) is 1. The zero-order valence-electron chi connectivity index (χ0n) is 6.65. The molecule has 1 rings (SSSR count). The van der Waals surface area contributed by atoms with Crippen LogP contribution in [0.1, 0.15) is 6.42 Å². The van der Waals surface area contributed by atoms with Crippen LogP contribution in [-0.2, 0) is 0 Å². The Hall–Kier alpha value is -0.150. The summed E-state index contributed by atoms with van der Waals surface area (Å²) < 4.78 is 13.5. The lowest BCUT2D eigenvalue weighted by atomic mass is 10.1. The Bertz CT molecular complexity index is 114. The molecule has 3 heteroatoms. The second-order valence-electron chi connectivity index (χ2n) is 3.17. The van der Waals surface area contributed by atoms with E-state index in [0.29, 0.717) is 19.5 Å². The van der Waals surface area contributed by atoms with Crippen LogP contribution in [0.5, 0.6) is 0 Å². The first-order valence-electron chi connectivity index (χ1n) is 3.68. The number of hydrogen-bond donors (Lipinski definition) is 1. The lowest BCUT2D eigenvalue weighted by Gasteiger charge is -2.18. The van der Waals surface area contributed by atoms with Gasteiger partial charge in [-0.1, -0.05) is 0 Å². The molecule has 1 fully saturated rings. The van der Waals surface area contributed by atoms with E-state index in [9.17, 15) is 4.39 Å². The van der Waals surface area contributed by atoms with Gasteiger partial charge in [0.15, 0.2) is 0 Å². The second kappa shape index (κ2) is 2.84. The van der Waals surface area contributed by atoms with Gasteiger partial charge >= 0.3 is 0 Å². The number of rotatable bonds is 2.